The zero-order chi connectivity index (χ0) is 19.6. The zero-order valence-corrected chi connectivity index (χ0v) is 16.1. The van der Waals surface area contributed by atoms with E-state index in [4.69, 9.17) is 0 Å². The van der Waals surface area contributed by atoms with Crippen LogP contribution in [0, 0.1) is 11.6 Å². The molecule has 2 fully saturated rings. The van der Waals surface area contributed by atoms with Crippen LogP contribution in [0.4, 0.5) is 13.6 Å². The smallest absolute Gasteiger partial charge is 0.281 e. The number of nitrogens with zero attached hydrogens (tertiary/aromatic N) is 3. The Labute approximate surface area is 160 Å². The van der Waals surface area contributed by atoms with Crippen molar-refractivity contribution in [2.75, 3.05) is 45.0 Å². The Hall–Kier alpha value is -1.72. The molecule has 1 aromatic carbocycles. The highest BCUT2D eigenvalue weighted by Gasteiger charge is 2.34. The monoisotopic (exact) mass is 419 g/mol. The molecule has 0 unspecified atom stereocenters. The SMILES string of the molecule is O=C(CCN1CCSC1=O)N1CCN(S(=O)(=O)c2c(F)cccc2F)CC1. The molecule has 27 heavy (non-hydrogen) atoms. The highest BCUT2D eigenvalue weighted by Crippen LogP contribution is 2.24. The predicted octanol–water partition coefficient (Wildman–Crippen LogP) is 1.36. The number of carbonyl (C=O) groups excluding carboxylic acids is 2. The number of rotatable bonds is 5. The second kappa shape index (κ2) is 8.11. The lowest BCUT2D eigenvalue weighted by atomic mass is 10.3. The lowest BCUT2D eigenvalue weighted by Gasteiger charge is -2.34. The van der Waals surface area contributed by atoms with Gasteiger partial charge in [0.2, 0.25) is 15.9 Å². The Morgan fingerprint density at radius 1 is 1.07 bits per heavy atom. The molecule has 0 atom stereocenters. The van der Waals surface area contributed by atoms with E-state index in [1.54, 1.807) is 4.90 Å². The van der Waals surface area contributed by atoms with Crippen LogP contribution < -0.4 is 0 Å². The van der Waals surface area contributed by atoms with E-state index in [0.29, 0.717) is 13.1 Å². The number of amides is 2. The van der Waals surface area contributed by atoms with Crippen LogP contribution in [0.2, 0.25) is 0 Å². The molecule has 0 aliphatic carbocycles. The number of benzene rings is 1. The summed E-state index contributed by atoms with van der Waals surface area (Å²) in [5.41, 5.74) is 0. The van der Waals surface area contributed by atoms with Gasteiger partial charge in [-0.2, -0.15) is 4.31 Å². The number of thioether (sulfide) groups is 1. The summed E-state index contributed by atoms with van der Waals surface area (Å²) in [6, 6.07) is 2.89. The molecule has 7 nitrogen and oxygen atoms in total. The van der Waals surface area contributed by atoms with Crippen molar-refractivity contribution < 1.29 is 26.8 Å². The third-order valence-electron chi connectivity index (χ3n) is 4.55. The summed E-state index contributed by atoms with van der Waals surface area (Å²) < 4.78 is 53.7. The third kappa shape index (κ3) is 4.25. The summed E-state index contributed by atoms with van der Waals surface area (Å²) in [6.45, 7) is 1.15. The van der Waals surface area contributed by atoms with Gasteiger partial charge in [-0.3, -0.25) is 9.59 Å². The molecule has 0 saturated carbocycles. The number of halogens is 2. The molecule has 0 N–H and O–H groups in total. The minimum Gasteiger partial charge on any atom is -0.340 e. The normalized spacial score (nSPS) is 19.0. The fourth-order valence-corrected chi connectivity index (χ4v) is 5.44. The predicted molar refractivity (Wildman–Crippen MR) is 95.7 cm³/mol. The van der Waals surface area contributed by atoms with E-state index < -0.39 is 26.6 Å². The molecule has 11 heteroatoms. The molecule has 2 aliphatic heterocycles. The van der Waals surface area contributed by atoms with E-state index in [1.807, 2.05) is 0 Å². The first-order chi connectivity index (χ1) is 12.8. The van der Waals surface area contributed by atoms with E-state index in [-0.39, 0.29) is 43.7 Å². The van der Waals surface area contributed by atoms with Crippen LogP contribution in [0.25, 0.3) is 0 Å². The standard InChI is InChI=1S/C16H19F2N3O4S2/c17-12-2-1-3-13(18)15(12)27(24,25)21-8-6-19(7-9-21)14(22)4-5-20-10-11-26-16(20)23/h1-3H,4-11H2. The summed E-state index contributed by atoms with van der Waals surface area (Å²) in [4.78, 5) is 26.0. The molecule has 0 aromatic heterocycles. The molecule has 2 amide bonds. The van der Waals surface area contributed by atoms with Crippen molar-refractivity contribution in [2.24, 2.45) is 0 Å². The van der Waals surface area contributed by atoms with E-state index >= 15 is 0 Å². The fourth-order valence-electron chi connectivity index (χ4n) is 3.05. The first kappa shape index (κ1) is 20.0. The van der Waals surface area contributed by atoms with Gasteiger partial charge in [-0.25, -0.2) is 17.2 Å². The van der Waals surface area contributed by atoms with Crippen molar-refractivity contribution in [3.63, 3.8) is 0 Å². The van der Waals surface area contributed by atoms with Gasteiger partial charge in [-0.05, 0) is 12.1 Å². The van der Waals surface area contributed by atoms with Gasteiger partial charge in [0.25, 0.3) is 5.24 Å². The largest absolute Gasteiger partial charge is 0.340 e. The number of sulfonamides is 1. The molecule has 0 spiro atoms. The molecule has 0 radical (unpaired) electrons. The van der Waals surface area contributed by atoms with Crippen LogP contribution in [-0.2, 0) is 14.8 Å². The second-order valence-electron chi connectivity index (χ2n) is 6.19. The van der Waals surface area contributed by atoms with Crippen LogP contribution in [-0.4, -0.2) is 78.7 Å². The lowest BCUT2D eigenvalue weighted by Crippen LogP contribution is -2.51. The van der Waals surface area contributed by atoms with E-state index in [2.05, 4.69) is 0 Å². The summed E-state index contributed by atoms with van der Waals surface area (Å²) in [7, 11) is -4.32. The summed E-state index contributed by atoms with van der Waals surface area (Å²) in [5, 5.41) is -0.0365. The van der Waals surface area contributed by atoms with Crippen LogP contribution in [0.5, 0.6) is 0 Å². The van der Waals surface area contributed by atoms with Crippen molar-refractivity contribution in [1.29, 1.82) is 0 Å². The lowest BCUT2D eigenvalue weighted by molar-refractivity contribution is -0.132. The molecular weight excluding hydrogens is 400 g/mol. The topological polar surface area (TPSA) is 78.0 Å². The van der Waals surface area contributed by atoms with Crippen LogP contribution in [0.3, 0.4) is 0 Å². The van der Waals surface area contributed by atoms with Crippen molar-refractivity contribution >= 4 is 32.9 Å². The van der Waals surface area contributed by atoms with Crippen LogP contribution >= 0.6 is 11.8 Å². The Bertz CT molecular complexity index is 822. The van der Waals surface area contributed by atoms with Gasteiger partial charge in [0.1, 0.15) is 11.6 Å². The first-order valence-corrected chi connectivity index (χ1v) is 10.9. The van der Waals surface area contributed by atoms with E-state index in [0.717, 1.165) is 28.3 Å². The van der Waals surface area contributed by atoms with Gasteiger partial charge in [0, 0.05) is 51.4 Å². The second-order valence-corrected chi connectivity index (χ2v) is 9.11. The van der Waals surface area contributed by atoms with Crippen molar-refractivity contribution in [3.05, 3.63) is 29.8 Å². The molecule has 1 aromatic rings. The minimum absolute atomic E-state index is 0.0365. The summed E-state index contributed by atoms with van der Waals surface area (Å²) in [5.74, 6) is -1.73. The van der Waals surface area contributed by atoms with E-state index in [9.17, 15) is 26.8 Å². The maximum atomic E-state index is 13.8. The quantitative estimate of drug-likeness (QED) is 0.720. The van der Waals surface area contributed by atoms with Crippen molar-refractivity contribution in [1.82, 2.24) is 14.1 Å². The average Bonchev–Trinajstić information content (AvgIpc) is 3.04. The van der Waals surface area contributed by atoms with Gasteiger partial charge in [-0.15, -0.1) is 0 Å². The van der Waals surface area contributed by atoms with E-state index in [1.165, 1.54) is 16.7 Å². The molecule has 3 rings (SSSR count). The molecule has 148 valence electrons. The highest BCUT2D eigenvalue weighted by molar-refractivity contribution is 8.13. The number of hydrogen-bond donors (Lipinski definition) is 0. The maximum Gasteiger partial charge on any atom is 0.281 e. The summed E-state index contributed by atoms with van der Waals surface area (Å²) >= 11 is 1.22. The zero-order valence-electron chi connectivity index (χ0n) is 14.4. The average molecular weight is 419 g/mol. The molecule has 0 bridgehead atoms. The molecular formula is C16H19F2N3O4S2. The first-order valence-electron chi connectivity index (χ1n) is 8.44. The van der Waals surface area contributed by atoms with Crippen LogP contribution in [0.1, 0.15) is 6.42 Å². The molecule has 2 saturated heterocycles. The van der Waals surface area contributed by atoms with Gasteiger partial charge >= 0.3 is 0 Å². The maximum absolute atomic E-state index is 13.8. The van der Waals surface area contributed by atoms with Gasteiger partial charge in [0.15, 0.2) is 4.90 Å². The Morgan fingerprint density at radius 3 is 2.26 bits per heavy atom. The van der Waals surface area contributed by atoms with Gasteiger partial charge in [-0.1, -0.05) is 17.8 Å². The summed E-state index contributed by atoms with van der Waals surface area (Å²) in [6.07, 6.45) is 0.168. The Kier molecular flexibility index (Phi) is 6.02. The molecule has 2 heterocycles. The Balaban J connectivity index is 1.58. The van der Waals surface area contributed by atoms with Gasteiger partial charge < -0.3 is 9.80 Å². The number of carbonyl (C=O) groups is 2. The molecule has 2 aliphatic rings. The minimum atomic E-state index is -4.32. The van der Waals surface area contributed by atoms with Crippen molar-refractivity contribution in [2.45, 2.75) is 11.3 Å². The van der Waals surface area contributed by atoms with Crippen molar-refractivity contribution in [3.8, 4) is 0 Å². The van der Waals surface area contributed by atoms with Crippen LogP contribution in [0.15, 0.2) is 23.1 Å². The highest BCUT2D eigenvalue weighted by atomic mass is 32.2. The van der Waals surface area contributed by atoms with Gasteiger partial charge in [0.05, 0.1) is 0 Å². The fraction of sp³-hybridized carbons (Fsp3) is 0.500. The number of piperazine rings is 1. The Morgan fingerprint density at radius 2 is 1.70 bits per heavy atom. The third-order valence-corrected chi connectivity index (χ3v) is 7.39. The number of hydrogen-bond acceptors (Lipinski definition) is 5.